The third-order valence-electron chi connectivity index (χ3n) is 2.53. The highest BCUT2D eigenvalue weighted by molar-refractivity contribution is 6.04. The zero-order valence-corrected chi connectivity index (χ0v) is 10.8. The summed E-state index contributed by atoms with van der Waals surface area (Å²) in [5.74, 6) is -0.656. The van der Waals surface area contributed by atoms with E-state index in [1.54, 1.807) is 24.3 Å². The number of carbonyl (C=O) groups excluding carboxylic acids is 2. The second-order valence-electron chi connectivity index (χ2n) is 4.13. The fraction of sp³-hybridized carbons (Fsp3) is 0.0714. The predicted molar refractivity (Wildman–Crippen MR) is 75.8 cm³/mol. The predicted octanol–water partition coefficient (Wildman–Crippen LogP) is 1.59. The molecule has 0 saturated carbocycles. The van der Waals surface area contributed by atoms with Gasteiger partial charge in [0.1, 0.15) is 5.56 Å². The van der Waals surface area contributed by atoms with E-state index in [4.69, 9.17) is 0 Å². The molecule has 0 bridgehead atoms. The van der Waals surface area contributed by atoms with Crippen molar-refractivity contribution in [2.24, 2.45) is 0 Å². The number of carbonyl (C=O) groups is 2. The van der Waals surface area contributed by atoms with Crippen LogP contribution < -0.4 is 16.1 Å². The van der Waals surface area contributed by atoms with E-state index in [2.05, 4.69) is 15.6 Å². The zero-order chi connectivity index (χ0) is 14.5. The Morgan fingerprint density at radius 1 is 1.00 bits per heavy atom. The molecule has 6 nitrogen and oxygen atoms in total. The Morgan fingerprint density at radius 2 is 1.60 bits per heavy atom. The number of hydrogen-bond donors (Lipinski definition) is 3. The van der Waals surface area contributed by atoms with Gasteiger partial charge < -0.3 is 15.6 Å². The molecule has 0 aliphatic rings. The Morgan fingerprint density at radius 3 is 2.15 bits per heavy atom. The van der Waals surface area contributed by atoms with Crippen molar-refractivity contribution >= 4 is 23.2 Å². The van der Waals surface area contributed by atoms with Gasteiger partial charge in [0.05, 0.1) is 0 Å². The highest BCUT2D eigenvalue weighted by Crippen LogP contribution is 2.13. The van der Waals surface area contributed by atoms with Crippen LogP contribution in [0.2, 0.25) is 0 Å². The molecule has 1 aromatic heterocycles. The number of benzene rings is 1. The van der Waals surface area contributed by atoms with Gasteiger partial charge in [-0.05, 0) is 24.3 Å². The minimum Gasteiger partial charge on any atom is -0.367 e. The summed E-state index contributed by atoms with van der Waals surface area (Å²) in [6, 6.07) is 7.88. The molecule has 0 aliphatic carbocycles. The van der Waals surface area contributed by atoms with Crippen LogP contribution in [0.3, 0.4) is 0 Å². The molecule has 0 unspecified atom stereocenters. The van der Waals surface area contributed by atoms with Crippen molar-refractivity contribution in [1.29, 1.82) is 0 Å². The van der Waals surface area contributed by atoms with Gasteiger partial charge >= 0.3 is 0 Å². The quantitative estimate of drug-likeness (QED) is 0.791. The Balaban J connectivity index is 2.11. The van der Waals surface area contributed by atoms with Crippen molar-refractivity contribution in [2.75, 3.05) is 10.6 Å². The molecule has 0 aliphatic heterocycles. The number of rotatable bonds is 3. The molecule has 1 heterocycles. The van der Waals surface area contributed by atoms with Crippen LogP contribution in [0, 0.1) is 0 Å². The minimum atomic E-state index is -0.487. The Kier molecular flexibility index (Phi) is 3.95. The Hall–Kier alpha value is -2.89. The second-order valence-corrected chi connectivity index (χ2v) is 4.13. The number of aromatic nitrogens is 1. The van der Waals surface area contributed by atoms with Crippen molar-refractivity contribution in [1.82, 2.24) is 4.98 Å². The summed E-state index contributed by atoms with van der Waals surface area (Å²) in [5, 5.41) is 5.23. The lowest BCUT2D eigenvalue weighted by atomic mass is 10.2. The molecule has 2 amide bonds. The van der Waals surface area contributed by atoms with Crippen LogP contribution in [0.4, 0.5) is 11.4 Å². The highest BCUT2D eigenvalue weighted by Gasteiger charge is 2.09. The van der Waals surface area contributed by atoms with Crippen molar-refractivity contribution < 1.29 is 9.59 Å². The van der Waals surface area contributed by atoms with Gasteiger partial charge in [0.15, 0.2) is 5.43 Å². The summed E-state index contributed by atoms with van der Waals surface area (Å²) in [4.78, 5) is 37.0. The monoisotopic (exact) mass is 271 g/mol. The fourth-order valence-corrected chi connectivity index (χ4v) is 1.63. The van der Waals surface area contributed by atoms with Crippen molar-refractivity contribution in [2.45, 2.75) is 6.92 Å². The SMILES string of the molecule is CC(=O)Nc1ccc(NC(=O)c2c[nH]ccc2=O)cc1. The van der Waals surface area contributed by atoms with Gasteiger partial charge in [-0.25, -0.2) is 0 Å². The molecule has 3 N–H and O–H groups in total. The minimum absolute atomic E-state index is 0.0402. The topological polar surface area (TPSA) is 91.1 Å². The normalized spacial score (nSPS) is 9.85. The average Bonchev–Trinajstić information content (AvgIpc) is 2.41. The number of hydrogen-bond acceptors (Lipinski definition) is 3. The van der Waals surface area contributed by atoms with Crippen molar-refractivity contribution in [3.8, 4) is 0 Å². The first-order valence-electron chi connectivity index (χ1n) is 5.92. The number of amides is 2. The van der Waals surface area contributed by atoms with Crippen LogP contribution in [-0.2, 0) is 4.79 Å². The summed E-state index contributed by atoms with van der Waals surface area (Å²) >= 11 is 0. The summed E-state index contributed by atoms with van der Waals surface area (Å²) in [6.45, 7) is 1.41. The van der Waals surface area contributed by atoms with E-state index in [0.29, 0.717) is 11.4 Å². The number of H-pyrrole nitrogens is 1. The maximum Gasteiger partial charge on any atom is 0.261 e. The molecule has 0 fully saturated rings. The van der Waals surface area contributed by atoms with E-state index >= 15 is 0 Å². The molecule has 2 rings (SSSR count). The first-order chi connectivity index (χ1) is 9.56. The van der Waals surface area contributed by atoms with Gasteiger partial charge in [0.2, 0.25) is 5.91 Å². The standard InChI is InChI=1S/C14H13N3O3/c1-9(18)16-10-2-4-11(5-3-10)17-14(20)12-8-15-7-6-13(12)19/h2-8H,1H3,(H,15,19)(H,16,18)(H,17,20). The molecule has 6 heteroatoms. The molecule has 2 aromatic rings. The summed E-state index contributed by atoms with van der Waals surface area (Å²) in [6.07, 6.45) is 2.81. The maximum atomic E-state index is 11.9. The van der Waals surface area contributed by atoms with E-state index in [1.807, 2.05) is 0 Å². The number of anilines is 2. The van der Waals surface area contributed by atoms with E-state index in [0.717, 1.165) is 0 Å². The third-order valence-corrected chi connectivity index (χ3v) is 2.53. The first-order valence-corrected chi connectivity index (χ1v) is 5.92. The lowest BCUT2D eigenvalue weighted by molar-refractivity contribution is -0.114. The molecule has 0 atom stereocenters. The van der Waals surface area contributed by atoms with E-state index in [-0.39, 0.29) is 16.9 Å². The van der Waals surface area contributed by atoms with E-state index in [9.17, 15) is 14.4 Å². The van der Waals surface area contributed by atoms with Gasteiger partial charge in [-0.2, -0.15) is 0 Å². The fourth-order valence-electron chi connectivity index (χ4n) is 1.63. The summed E-state index contributed by atoms with van der Waals surface area (Å²) in [7, 11) is 0. The van der Waals surface area contributed by atoms with Crippen LogP contribution in [0.5, 0.6) is 0 Å². The maximum absolute atomic E-state index is 11.9. The summed E-state index contributed by atoms with van der Waals surface area (Å²) < 4.78 is 0. The van der Waals surface area contributed by atoms with Crippen LogP contribution in [0.25, 0.3) is 0 Å². The molecule has 0 spiro atoms. The van der Waals surface area contributed by atoms with Crippen molar-refractivity contribution in [3.63, 3.8) is 0 Å². The molecule has 102 valence electrons. The van der Waals surface area contributed by atoms with Crippen LogP contribution in [0.15, 0.2) is 47.5 Å². The van der Waals surface area contributed by atoms with E-state index in [1.165, 1.54) is 25.4 Å². The lowest BCUT2D eigenvalue weighted by Crippen LogP contribution is -2.20. The molecule has 0 saturated heterocycles. The van der Waals surface area contributed by atoms with Gasteiger partial charge in [0, 0.05) is 36.8 Å². The molecule has 20 heavy (non-hydrogen) atoms. The van der Waals surface area contributed by atoms with Crippen LogP contribution in [-0.4, -0.2) is 16.8 Å². The van der Waals surface area contributed by atoms with Gasteiger partial charge in [-0.3, -0.25) is 14.4 Å². The van der Waals surface area contributed by atoms with E-state index < -0.39 is 5.91 Å². The molecular formula is C14H13N3O3. The van der Waals surface area contributed by atoms with Gasteiger partial charge in [-0.15, -0.1) is 0 Å². The summed E-state index contributed by atoms with van der Waals surface area (Å²) in [5.41, 5.74) is 0.856. The first kappa shape index (κ1) is 13.5. The smallest absolute Gasteiger partial charge is 0.261 e. The molecule has 1 aromatic carbocycles. The zero-order valence-electron chi connectivity index (χ0n) is 10.8. The average molecular weight is 271 g/mol. The highest BCUT2D eigenvalue weighted by atomic mass is 16.2. The Labute approximate surface area is 114 Å². The number of pyridine rings is 1. The van der Waals surface area contributed by atoms with Crippen molar-refractivity contribution in [3.05, 3.63) is 58.5 Å². The second kappa shape index (κ2) is 5.83. The van der Waals surface area contributed by atoms with Gasteiger partial charge in [-0.1, -0.05) is 0 Å². The number of nitrogens with one attached hydrogen (secondary N) is 3. The van der Waals surface area contributed by atoms with Gasteiger partial charge in [0.25, 0.3) is 5.91 Å². The molecule has 0 radical (unpaired) electrons. The van der Waals surface area contributed by atoms with Crippen LogP contribution >= 0.6 is 0 Å². The molecular weight excluding hydrogens is 258 g/mol. The Bertz CT molecular complexity index is 689. The van der Waals surface area contributed by atoms with Crippen LogP contribution in [0.1, 0.15) is 17.3 Å². The number of aromatic amines is 1. The largest absolute Gasteiger partial charge is 0.367 e. The third kappa shape index (κ3) is 3.32. The lowest BCUT2D eigenvalue weighted by Gasteiger charge is -2.06.